The van der Waals surface area contributed by atoms with Gasteiger partial charge in [-0.1, -0.05) is 97.4 Å². The fraction of sp³-hybridized carbons (Fsp3) is 0.0588. The maximum absolute atomic E-state index is 5.83. The molecule has 0 N–H and O–H groups in total. The highest BCUT2D eigenvalue weighted by Gasteiger charge is 2.29. The number of thiophene rings is 3. The topological polar surface area (TPSA) is 9.86 Å². The summed E-state index contributed by atoms with van der Waals surface area (Å²) in [5.74, 6) is 0. The van der Waals surface area contributed by atoms with E-state index in [1.54, 1.807) is 0 Å². The minimum absolute atomic E-state index is 0.846. The van der Waals surface area contributed by atoms with Crippen molar-refractivity contribution in [2.45, 2.75) is 0 Å². The van der Waals surface area contributed by atoms with Crippen LogP contribution in [0.15, 0.2) is 71.8 Å². The molecule has 206 valence electrons. The number of thiocarbonyl (C=S) groups is 4. The van der Waals surface area contributed by atoms with Crippen molar-refractivity contribution in [1.82, 2.24) is 9.13 Å². The lowest BCUT2D eigenvalue weighted by atomic mass is 10.1. The molecule has 2 nitrogen and oxygen atoms in total. The van der Waals surface area contributed by atoms with E-state index in [9.17, 15) is 0 Å². The highest BCUT2D eigenvalue weighted by molar-refractivity contribution is 7.84. The third-order valence-electron chi connectivity index (χ3n) is 8.51. The molecule has 2 aliphatic carbocycles. The molecular weight excluding hydrogens is 661 g/mol. The molecule has 9 heteroatoms. The van der Waals surface area contributed by atoms with E-state index in [1.807, 2.05) is 58.3 Å². The molecule has 0 fully saturated rings. The minimum atomic E-state index is 0.846. The predicted octanol–water partition coefficient (Wildman–Crippen LogP) is 10.2. The normalized spacial score (nSPS) is 14.8. The van der Waals surface area contributed by atoms with Crippen LogP contribution in [0.25, 0.3) is 53.0 Å². The number of allylic oxidation sites excluding steroid dienone is 2. The number of hydrogen-bond donors (Lipinski definition) is 0. The molecule has 0 atom stereocenters. The number of hydrogen-bond acceptors (Lipinski definition) is 7. The third-order valence-corrected chi connectivity index (χ3v) is 13.9. The summed E-state index contributed by atoms with van der Waals surface area (Å²) in [5.41, 5.74) is 11.3. The van der Waals surface area contributed by atoms with Crippen molar-refractivity contribution in [3.63, 3.8) is 0 Å². The van der Waals surface area contributed by atoms with E-state index >= 15 is 0 Å². The summed E-state index contributed by atoms with van der Waals surface area (Å²) in [6.45, 7) is 0. The van der Waals surface area contributed by atoms with E-state index in [0.29, 0.717) is 0 Å². The molecule has 5 aromatic heterocycles. The van der Waals surface area contributed by atoms with Crippen LogP contribution in [0.1, 0.15) is 32.0 Å². The fourth-order valence-electron chi connectivity index (χ4n) is 6.44. The molecular formula is C34H18N2S7. The van der Waals surface area contributed by atoms with Crippen LogP contribution in [0.3, 0.4) is 0 Å². The molecule has 0 bridgehead atoms. The zero-order chi connectivity index (χ0) is 29.3. The Kier molecular flexibility index (Phi) is 5.67. The summed E-state index contributed by atoms with van der Waals surface area (Å²) in [7, 11) is 4.36. The SMILES string of the molecule is Cn1c2cc(C=C3C(=S)c4ccccc4C3=S)sc2c2sc3c4sc(C=C5C(=S)c6ccccc6C5=S)cc4n(C)c3c21. The lowest BCUT2D eigenvalue weighted by molar-refractivity contribution is 0.989. The molecule has 0 unspecified atom stereocenters. The van der Waals surface area contributed by atoms with E-state index in [1.165, 1.54) is 50.6 Å². The maximum atomic E-state index is 5.83. The number of aromatic nitrogens is 2. The third kappa shape index (κ3) is 3.52. The van der Waals surface area contributed by atoms with E-state index in [4.69, 9.17) is 48.9 Å². The van der Waals surface area contributed by atoms with Gasteiger partial charge in [-0.15, -0.1) is 34.0 Å². The van der Waals surface area contributed by atoms with Gasteiger partial charge < -0.3 is 9.13 Å². The summed E-state index contributed by atoms with van der Waals surface area (Å²) in [5, 5.41) is 0. The average molecular weight is 679 g/mol. The van der Waals surface area contributed by atoms with E-state index < -0.39 is 0 Å². The molecule has 0 saturated heterocycles. The van der Waals surface area contributed by atoms with Crippen LogP contribution in [0.5, 0.6) is 0 Å². The van der Waals surface area contributed by atoms with Crippen molar-refractivity contribution in [3.8, 4) is 0 Å². The Morgan fingerprint density at radius 3 is 1.21 bits per heavy atom. The van der Waals surface area contributed by atoms with E-state index in [-0.39, 0.29) is 0 Å². The first kappa shape index (κ1) is 26.4. The van der Waals surface area contributed by atoms with Gasteiger partial charge in [0.1, 0.15) is 0 Å². The van der Waals surface area contributed by atoms with Gasteiger partial charge in [0.25, 0.3) is 0 Å². The lowest BCUT2D eigenvalue weighted by Crippen LogP contribution is -1.97. The molecule has 0 spiro atoms. The first-order chi connectivity index (χ1) is 20.8. The van der Waals surface area contributed by atoms with Crippen LogP contribution >= 0.6 is 82.9 Å². The molecule has 0 aliphatic heterocycles. The first-order valence-electron chi connectivity index (χ1n) is 13.5. The molecule has 0 radical (unpaired) electrons. The fourth-order valence-corrected chi connectivity index (χ4v) is 11.8. The predicted molar refractivity (Wildman–Crippen MR) is 204 cm³/mol. The Balaban J connectivity index is 1.16. The molecule has 0 amide bonds. The lowest BCUT2D eigenvalue weighted by Gasteiger charge is -2.00. The van der Waals surface area contributed by atoms with Gasteiger partial charge in [0, 0.05) is 57.2 Å². The van der Waals surface area contributed by atoms with Gasteiger partial charge in [0.15, 0.2) is 0 Å². The molecule has 9 rings (SSSR count). The van der Waals surface area contributed by atoms with Crippen molar-refractivity contribution >= 4 is 155 Å². The van der Waals surface area contributed by atoms with Crippen LogP contribution in [-0.4, -0.2) is 28.6 Å². The van der Waals surface area contributed by atoms with Crippen molar-refractivity contribution in [1.29, 1.82) is 0 Å². The summed E-state index contributed by atoms with van der Waals surface area (Å²) in [4.78, 5) is 5.73. The van der Waals surface area contributed by atoms with Gasteiger partial charge in [0.2, 0.25) is 0 Å². The average Bonchev–Trinajstić information content (AvgIpc) is 3.85. The Morgan fingerprint density at radius 1 is 0.512 bits per heavy atom. The zero-order valence-corrected chi connectivity index (χ0v) is 28.4. The van der Waals surface area contributed by atoms with Gasteiger partial charge in [-0.25, -0.2) is 0 Å². The Hall–Kier alpha value is -3.02. The van der Waals surface area contributed by atoms with Crippen molar-refractivity contribution in [2.24, 2.45) is 14.1 Å². The minimum Gasteiger partial charge on any atom is -0.340 e. The van der Waals surface area contributed by atoms with Gasteiger partial charge in [-0.3, -0.25) is 0 Å². The summed E-state index contributed by atoms with van der Waals surface area (Å²) in [6, 6.07) is 20.9. The molecule has 0 saturated carbocycles. The van der Waals surface area contributed by atoms with Crippen molar-refractivity contribution in [2.75, 3.05) is 0 Å². The van der Waals surface area contributed by atoms with Gasteiger partial charge in [-0.05, 0) is 24.3 Å². The maximum Gasteiger partial charge on any atom is 0.0855 e. The smallest absolute Gasteiger partial charge is 0.0855 e. The van der Waals surface area contributed by atoms with Crippen LogP contribution in [0.2, 0.25) is 0 Å². The van der Waals surface area contributed by atoms with Crippen LogP contribution in [0, 0.1) is 0 Å². The largest absolute Gasteiger partial charge is 0.340 e. The van der Waals surface area contributed by atoms with Gasteiger partial charge in [-0.2, -0.15) is 0 Å². The standard InChI is InChI=1S/C34H18N2S7/c1-35-23-13-15(11-21-27(37)17-7-3-4-8-18(17)28(21)38)41-31(23)33-25(35)26-34(43-33)32-24(36(26)2)14-16(42-32)12-22-29(39)19-9-5-6-10-20(19)30(22)40/h3-14H,1-2H3. The Morgan fingerprint density at radius 2 is 0.860 bits per heavy atom. The zero-order valence-electron chi connectivity index (χ0n) is 22.7. The second-order valence-electron chi connectivity index (χ2n) is 10.8. The van der Waals surface area contributed by atoms with Gasteiger partial charge >= 0.3 is 0 Å². The molecule has 5 heterocycles. The first-order valence-corrected chi connectivity index (χ1v) is 17.6. The summed E-state index contributed by atoms with van der Waals surface area (Å²) >= 11 is 28.8. The number of fused-ring (bicyclic) bond motifs is 9. The molecule has 2 aromatic carbocycles. The van der Waals surface area contributed by atoms with Crippen molar-refractivity contribution in [3.05, 3.63) is 104 Å². The number of benzene rings is 2. The number of nitrogens with zero attached hydrogens (tertiary/aromatic N) is 2. The van der Waals surface area contributed by atoms with E-state index in [0.717, 1.165) is 52.9 Å². The quantitative estimate of drug-likeness (QED) is 0.133. The number of aryl methyl sites for hydroxylation is 2. The number of rotatable bonds is 2. The van der Waals surface area contributed by atoms with Gasteiger partial charge in [0.05, 0.1) is 60.3 Å². The molecule has 2 aliphatic rings. The molecule has 43 heavy (non-hydrogen) atoms. The van der Waals surface area contributed by atoms with Crippen LogP contribution in [0.4, 0.5) is 0 Å². The monoisotopic (exact) mass is 678 g/mol. The van der Waals surface area contributed by atoms with Crippen LogP contribution < -0.4 is 0 Å². The highest BCUT2D eigenvalue weighted by atomic mass is 32.1. The Labute approximate surface area is 280 Å². The second kappa shape index (κ2) is 9.25. The summed E-state index contributed by atoms with van der Waals surface area (Å²) < 4.78 is 9.98. The highest BCUT2D eigenvalue weighted by Crippen LogP contribution is 2.49. The Bertz CT molecular complexity index is 2300. The summed E-state index contributed by atoms with van der Waals surface area (Å²) in [6.07, 6.45) is 4.36. The van der Waals surface area contributed by atoms with Crippen molar-refractivity contribution < 1.29 is 0 Å². The van der Waals surface area contributed by atoms with E-state index in [2.05, 4.69) is 71.8 Å². The molecule has 7 aromatic rings. The second-order valence-corrected chi connectivity index (χ2v) is 15.6. The van der Waals surface area contributed by atoms with Crippen LogP contribution in [-0.2, 0) is 14.1 Å².